The van der Waals surface area contributed by atoms with Gasteiger partial charge in [0, 0.05) is 17.2 Å². The normalized spacial score (nSPS) is 17.8. The van der Waals surface area contributed by atoms with Gasteiger partial charge in [0.2, 0.25) is 11.0 Å². The van der Waals surface area contributed by atoms with Gasteiger partial charge in [-0.2, -0.15) is 0 Å². The van der Waals surface area contributed by atoms with E-state index in [1.165, 1.54) is 11.8 Å². The van der Waals surface area contributed by atoms with Crippen molar-refractivity contribution in [1.29, 1.82) is 0 Å². The van der Waals surface area contributed by atoms with Crippen LogP contribution >= 0.6 is 35.0 Å². The molecular weight excluding hydrogens is 333 g/mol. The van der Waals surface area contributed by atoms with Gasteiger partial charge in [0.1, 0.15) is 5.75 Å². The molecule has 0 aromatic heterocycles. The predicted octanol–water partition coefficient (Wildman–Crippen LogP) is 3.30. The Morgan fingerprint density at radius 1 is 1.43 bits per heavy atom. The molecule has 1 aromatic rings. The highest BCUT2D eigenvalue weighted by Gasteiger charge is 2.26. The number of amides is 1. The molecule has 1 saturated heterocycles. The fourth-order valence-corrected chi connectivity index (χ4v) is 3.30. The molecule has 0 saturated carbocycles. The fraction of sp³-hybridized carbons (Fsp3) is 0.429. The van der Waals surface area contributed by atoms with Gasteiger partial charge in [-0.15, -0.1) is 0 Å². The Morgan fingerprint density at radius 3 is 2.90 bits per heavy atom. The molecule has 1 amide bonds. The SMILES string of the molecule is O=C(CCCOc1ccc(Cl)cc1Cl)NC1CCSC1=O. The van der Waals surface area contributed by atoms with Crippen molar-refractivity contribution >= 4 is 46.0 Å². The van der Waals surface area contributed by atoms with Crippen LogP contribution in [0.15, 0.2) is 18.2 Å². The van der Waals surface area contributed by atoms with Crippen LogP contribution in [0.25, 0.3) is 0 Å². The third kappa shape index (κ3) is 5.09. The van der Waals surface area contributed by atoms with E-state index in [0.29, 0.717) is 41.7 Å². The summed E-state index contributed by atoms with van der Waals surface area (Å²) in [7, 11) is 0. The van der Waals surface area contributed by atoms with E-state index in [1.54, 1.807) is 18.2 Å². The topological polar surface area (TPSA) is 55.4 Å². The minimum Gasteiger partial charge on any atom is -0.492 e. The smallest absolute Gasteiger partial charge is 0.220 e. The molecule has 1 aromatic carbocycles. The highest BCUT2D eigenvalue weighted by molar-refractivity contribution is 8.14. The molecule has 4 nitrogen and oxygen atoms in total. The van der Waals surface area contributed by atoms with Crippen LogP contribution < -0.4 is 10.1 Å². The van der Waals surface area contributed by atoms with Crippen molar-refractivity contribution in [3.8, 4) is 5.75 Å². The van der Waals surface area contributed by atoms with Crippen LogP contribution in [0.1, 0.15) is 19.3 Å². The summed E-state index contributed by atoms with van der Waals surface area (Å²) < 4.78 is 5.49. The summed E-state index contributed by atoms with van der Waals surface area (Å²) in [4.78, 5) is 23.1. The number of hydrogen-bond donors (Lipinski definition) is 1. The van der Waals surface area contributed by atoms with Gasteiger partial charge in [0.05, 0.1) is 17.7 Å². The lowest BCUT2D eigenvalue weighted by molar-refractivity contribution is -0.124. The molecule has 114 valence electrons. The van der Waals surface area contributed by atoms with Crippen molar-refractivity contribution in [2.45, 2.75) is 25.3 Å². The Hall–Kier alpha value is -0.910. The molecule has 1 aliphatic rings. The van der Waals surface area contributed by atoms with Gasteiger partial charge in [-0.25, -0.2) is 0 Å². The Morgan fingerprint density at radius 2 is 2.24 bits per heavy atom. The third-order valence-electron chi connectivity index (χ3n) is 2.97. The number of carbonyl (C=O) groups excluding carboxylic acids is 2. The molecule has 1 unspecified atom stereocenters. The number of rotatable bonds is 6. The molecule has 0 spiro atoms. The minimum atomic E-state index is -0.325. The van der Waals surface area contributed by atoms with E-state index in [-0.39, 0.29) is 17.1 Å². The van der Waals surface area contributed by atoms with Gasteiger partial charge in [0.15, 0.2) is 0 Å². The van der Waals surface area contributed by atoms with Gasteiger partial charge in [-0.3, -0.25) is 9.59 Å². The number of halogens is 2. The number of hydrogen-bond acceptors (Lipinski definition) is 4. The molecule has 7 heteroatoms. The van der Waals surface area contributed by atoms with E-state index in [2.05, 4.69) is 5.32 Å². The average Bonchev–Trinajstić information content (AvgIpc) is 2.82. The van der Waals surface area contributed by atoms with E-state index in [0.717, 1.165) is 5.75 Å². The van der Waals surface area contributed by atoms with Crippen LogP contribution in [0, 0.1) is 0 Å². The Kier molecular flexibility index (Phi) is 6.21. The largest absolute Gasteiger partial charge is 0.492 e. The predicted molar refractivity (Wildman–Crippen MR) is 85.2 cm³/mol. The van der Waals surface area contributed by atoms with Crippen molar-refractivity contribution in [2.24, 2.45) is 0 Å². The maximum Gasteiger partial charge on any atom is 0.220 e. The number of nitrogens with one attached hydrogen (secondary N) is 1. The number of carbonyl (C=O) groups is 2. The van der Waals surface area contributed by atoms with Gasteiger partial charge >= 0.3 is 0 Å². The maximum atomic E-state index is 11.7. The quantitative estimate of drug-likeness (QED) is 0.802. The highest BCUT2D eigenvalue weighted by Crippen LogP contribution is 2.27. The van der Waals surface area contributed by atoms with E-state index in [9.17, 15) is 9.59 Å². The Labute approximate surface area is 137 Å². The second-order valence-corrected chi connectivity index (χ2v) is 6.55. The van der Waals surface area contributed by atoms with E-state index < -0.39 is 0 Å². The summed E-state index contributed by atoms with van der Waals surface area (Å²) >= 11 is 13.0. The molecule has 0 bridgehead atoms. The molecule has 2 rings (SSSR count). The molecule has 1 fully saturated rings. The Balaban J connectivity index is 1.67. The lowest BCUT2D eigenvalue weighted by Gasteiger charge is -2.11. The van der Waals surface area contributed by atoms with Crippen molar-refractivity contribution in [3.05, 3.63) is 28.2 Å². The minimum absolute atomic E-state index is 0.0487. The van der Waals surface area contributed by atoms with Gasteiger partial charge in [-0.05, 0) is 31.0 Å². The van der Waals surface area contributed by atoms with Gasteiger partial charge in [0.25, 0.3) is 0 Å². The van der Waals surface area contributed by atoms with E-state index in [4.69, 9.17) is 27.9 Å². The second-order valence-electron chi connectivity index (χ2n) is 4.60. The monoisotopic (exact) mass is 347 g/mol. The van der Waals surface area contributed by atoms with Crippen LogP contribution in [0.4, 0.5) is 0 Å². The van der Waals surface area contributed by atoms with Crippen LogP contribution in [0.5, 0.6) is 5.75 Å². The first-order chi connectivity index (χ1) is 10.1. The zero-order valence-corrected chi connectivity index (χ0v) is 13.6. The molecule has 21 heavy (non-hydrogen) atoms. The molecule has 1 heterocycles. The summed E-state index contributed by atoms with van der Waals surface area (Å²) in [6.07, 6.45) is 1.59. The molecular formula is C14H15Cl2NO3S. The van der Waals surface area contributed by atoms with Crippen molar-refractivity contribution in [1.82, 2.24) is 5.32 Å². The van der Waals surface area contributed by atoms with Crippen molar-refractivity contribution in [2.75, 3.05) is 12.4 Å². The van der Waals surface area contributed by atoms with E-state index in [1.807, 2.05) is 0 Å². The first-order valence-corrected chi connectivity index (χ1v) is 8.34. The van der Waals surface area contributed by atoms with Crippen LogP contribution in [0.3, 0.4) is 0 Å². The van der Waals surface area contributed by atoms with E-state index >= 15 is 0 Å². The summed E-state index contributed by atoms with van der Waals surface area (Å²) in [5.41, 5.74) is 0. The zero-order valence-electron chi connectivity index (χ0n) is 11.2. The maximum absolute atomic E-state index is 11.7. The first-order valence-electron chi connectivity index (χ1n) is 6.60. The summed E-state index contributed by atoms with van der Waals surface area (Å²) in [6, 6.07) is 4.67. The van der Waals surface area contributed by atoms with Gasteiger partial charge < -0.3 is 10.1 Å². The van der Waals surface area contributed by atoms with Crippen LogP contribution in [-0.2, 0) is 9.59 Å². The molecule has 1 aliphatic heterocycles. The number of ether oxygens (including phenoxy) is 1. The average molecular weight is 348 g/mol. The molecule has 0 radical (unpaired) electrons. The fourth-order valence-electron chi connectivity index (χ4n) is 1.90. The lowest BCUT2D eigenvalue weighted by Crippen LogP contribution is -2.37. The van der Waals surface area contributed by atoms with Crippen molar-refractivity contribution in [3.63, 3.8) is 0 Å². The number of benzene rings is 1. The lowest BCUT2D eigenvalue weighted by atomic mass is 10.2. The zero-order chi connectivity index (χ0) is 15.2. The Bertz CT molecular complexity index is 539. The molecule has 0 aliphatic carbocycles. The summed E-state index contributed by atoms with van der Waals surface area (Å²) in [5, 5.41) is 3.78. The standard InChI is InChI=1S/C14H15Cl2NO3S/c15-9-3-4-12(10(16)8-9)20-6-1-2-13(18)17-11-5-7-21-14(11)19/h3-4,8,11H,1-2,5-7H2,(H,17,18). The summed E-state index contributed by atoms with van der Waals surface area (Å²) in [6.45, 7) is 0.377. The third-order valence-corrected chi connectivity index (χ3v) is 4.51. The highest BCUT2D eigenvalue weighted by atomic mass is 35.5. The second kappa shape index (κ2) is 7.92. The molecule has 1 N–H and O–H groups in total. The van der Waals surface area contributed by atoms with Gasteiger partial charge in [-0.1, -0.05) is 35.0 Å². The van der Waals surface area contributed by atoms with Crippen LogP contribution in [0.2, 0.25) is 10.0 Å². The number of thioether (sulfide) groups is 1. The van der Waals surface area contributed by atoms with Crippen LogP contribution in [-0.4, -0.2) is 29.4 Å². The summed E-state index contributed by atoms with van der Waals surface area (Å²) in [5.74, 6) is 1.20. The molecule has 1 atom stereocenters. The first kappa shape index (κ1) is 16.5. The van der Waals surface area contributed by atoms with Crippen molar-refractivity contribution < 1.29 is 14.3 Å².